The molecule has 0 aromatic rings. The summed E-state index contributed by atoms with van der Waals surface area (Å²) in [5.74, 6) is -0.254. The molecule has 3 nitrogen and oxygen atoms in total. The molecule has 0 fully saturated rings. The third-order valence-corrected chi connectivity index (χ3v) is 1.88. The molecule has 0 saturated carbocycles. The van der Waals surface area contributed by atoms with Crippen molar-refractivity contribution in [3.8, 4) is 0 Å². The van der Waals surface area contributed by atoms with Crippen LogP contribution in [0.3, 0.4) is 0 Å². The van der Waals surface area contributed by atoms with Gasteiger partial charge in [0, 0.05) is 18.5 Å². The van der Waals surface area contributed by atoms with Gasteiger partial charge < -0.3 is 11.1 Å². The lowest BCUT2D eigenvalue weighted by Gasteiger charge is -2.18. The van der Waals surface area contributed by atoms with Crippen molar-refractivity contribution in [2.75, 3.05) is 0 Å². The summed E-state index contributed by atoms with van der Waals surface area (Å²) in [4.78, 5) is 10.6. The van der Waals surface area contributed by atoms with Crippen molar-refractivity contribution in [1.29, 1.82) is 0 Å². The Labute approximate surface area is 80.4 Å². The number of rotatable bonds is 7. The van der Waals surface area contributed by atoms with E-state index in [1.165, 1.54) is 0 Å². The van der Waals surface area contributed by atoms with Crippen molar-refractivity contribution in [2.24, 2.45) is 5.73 Å². The van der Waals surface area contributed by atoms with E-state index in [-0.39, 0.29) is 11.9 Å². The Morgan fingerprint density at radius 3 is 2.62 bits per heavy atom. The van der Waals surface area contributed by atoms with Crippen molar-refractivity contribution >= 4 is 5.91 Å². The summed E-state index contributed by atoms with van der Waals surface area (Å²) in [6.07, 6.45) is 4.35. The minimum absolute atomic E-state index is 0.164. The highest BCUT2D eigenvalue weighted by Gasteiger charge is 2.08. The van der Waals surface area contributed by atoms with Crippen LogP contribution >= 0.6 is 0 Å². The molecule has 13 heavy (non-hydrogen) atoms. The van der Waals surface area contributed by atoms with Gasteiger partial charge in [-0.1, -0.05) is 6.08 Å². The molecule has 0 aliphatic carbocycles. The highest BCUT2D eigenvalue weighted by Crippen LogP contribution is 1.99. The lowest BCUT2D eigenvalue weighted by atomic mass is 10.1. The van der Waals surface area contributed by atoms with Crippen LogP contribution in [-0.2, 0) is 4.79 Å². The highest BCUT2D eigenvalue weighted by atomic mass is 16.1. The average Bonchev–Trinajstić information content (AvgIpc) is 1.98. The molecule has 0 radical (unpaired) electrons. The van der Waals surface area contributed by atoms with Crippen LogP contribution in [0.25, 0.3) is 0 Å². The van der Waals surface area contributed by atoms with E-state index in [0.29, 0.717) is 12.5 Å². The van der Waals surface area contributed by atoms with Crippen molar-refractivity contribution in [3.63, 3.8) is 0 Å². The number of allylic oxidation sites excluding steroid dienone is 1. The SMILES string of the molecule is C=CCCC(C)NC(C)CC(N)=O. The molecule has 2 unspecified atom stereocenters. The topological polar surface area (TPSA) is 55.1 Å². The fraction of sp³-hybridized carbons (Fsp3) is 0.700. The van der Waals surface area contributed by atoms with E-state index in [0.717, 1.165) is 12.8 Å². The number of nitrogens with one attached hydrogen (secondary N) is 1. The molecule has 0 aliphatic rings. The van der Waals surface area contributed by atoms with Crippen LogP contribution in [-0.4, -0.2) is 18.0 Å². The molecule has 0 heterocycles. The molecule has 3 heteroatoms. The minimum Gasteiger partial charge on any atom is -0.370 e. The van der Waals surface area contributed by atoms with Gasteiger partial charge in [0.15, 0.2) is 0 Å². The van der Waals surface area contributed by atoms with Gasteiger partial charge in [-0.05, 0) is 26.7 Å². The van der Waals surface area contributed by atoms with Crippen LogP contribution in [0.15, 0.2) is 12.7 Å². The molecular weight excluding hydrogens is 164 g/mol. The number of primary amides is 1. The zero-order valence-corrected chi connectivity index (χ0v) is 8.55. The summed E-state index contributed by atoms with van der Waals surface area (Å²) in [6.45, 7) is 7.72. The number of hydrogen-bond donors (Lipinski definition) is 2. The van der Waals surface area contributed by atoms with Crippen LogP contribution in [0, 0.1) is 0 Å². The van der Waals surface area contributed by atoms with Crippen molar-refractivity contribution in [2.45, 2.75) is 45.2 Å². The van der Waals surface area contributed by atoms with Crippen LogP contribution in [0.2, 0.25) is 0 Å². The standard InChI is InChI=1S/C10H20N2O/c1-4-5-6-8(2)12-9(3)7-10(11)13/h4,8-9,12H,1,5-7H2,2-3H3,(H2,11,13). The van der Waals surface area contributed by atoms with Gasteiger partial charge in [-0.25, -0.2) is 0 Å². The first-order chi connectivity index (χ1) is 6.06. The number of nitrogens with two attached hydrogens (primary N) is 1. The highest BCUT2D eigenvalue weighted by molar-refractivity contribution is 5.74. The fourth-order valence-electron chi connectivity index (χ4n) is 1.30. The molecule has 0 bridgehead atoms. The second kappa shape index (κ2) is 6.66. The monoisotopic (exact) mass is 184 g/mol. The van der Waals surface area contributed by atoms with Crippen molar-refractivity contribution in [3.05, 3.63) is 12.7 Å². The molecule has 0 aromatic heterocycles. The third-order valence-electron chi connectivity index (χ3n) is 1.88. The number of carbonyl (C=O) groups is 1. The van der Waals surface area contributed by atoms with Gasteiger partial charge in [0.05, 0.1) is 0 Å². The van der Waals surface area contributed by atoms with E-state index in [1.807, 2.05) is 13.0 Å². The summed E-state index contributed by atoms with van der Waals surface area (Å²) in [5, 5.41) is 3.30. The molecule has 1 amide bonds. The second-order valence-electron chi connectivity index (χ2n) is 3.51. The maximum absolute atomic E-state index is 10.6. The van der Waals surface area contributed by atoms with E-state index in [1.54, 1.807) is 0 Å². The maximum atomic E-state index is 10.6. The number of amides is 1. The van der Waals surface area contributed by atoms with Gasteiger partial charge in [-0.3, -0.25) is 4.79 Å². The van der Waals surface area contributed by atoms with Gasteiger partial charge in [0.1, 0.15) is 0 Å². The Bertz CT molecular complexity index is 168. The van der Waals surface area contributed by atoms with E-state index in [4.69, 9.17) is 5.73 Å². The predicted octanol–water partition coefficient (Wildman–Crippen LogP) is 1.19. The van der Waals surface area contributed by atoms with Gasteiger partial charge in [0.25, 0.3) is 0 Å². The van der Waals surface area contributed by atoms with Crippen LogP contribution < -0.4 is 11.1 Å². The van der Waals surface area contributed by atoms with Gasteiger partial charge in [-0.15, -0.1) is 6.58 Å². The Morgan fingerprint density at radius 1 is 1.54 bits per heavy atom. The predicted molar refractivity (Wildman–Crippen MR) is 55.3 cm³/mol. The lowest BCUT2D eigenvalue weighted by Crippen LogP contribution is -2.37. The third kappa shape index (κ3) is 7.53. The first-order valence-electron chi connectivity index (χ1n) is 4.71. The molecule has 0 spiro atoms. The average molecular weight is 184 g/mol. The van der Waals surface area contributed by atoms with E-state index in [2.05, 4.69) is 18.8 Å². The number of hydrogen-bond acceptors (Lipinski definition) is 2. The first-order valence-corrected chi connectivity index (χ1v) is 4.71. The quantitative estimate of drug-likeness (QED) is 0.584. The summed E-state index contributed by atoms with van der Waals surface area (Å²) in [7, 11) is 0. The summed E-state index contributed by atoms with van der Waals surface area (Å²) in [5.41, 5.74) is 5.07. The molecular formula is C10H20N2O. The largest absolute Gasteiger partial charge is 0.370 e. The van der Waals surface area contributed by atoms with Crippen LogP contribution in [0.1, 0.15) is 33.1 Å². The normalized spacial score (nSPS) is 14.9. The maximum Gasteiger partial charge on any atom is 0.218 e. The van der Waals surface area contributed by atoms with Crippen molar-refractivity contribution in [1.82, 2.24) is 5.32 Å². The van der Waals surface area contributed by atoms with Gasteiger partial charge in [0.2, 0.25) is 5.91 Å². The molecule has 2 atom stereocenters. The smallest absolute Gasteiger partial charge is 0.218 e. The summed E-state index contributed by atoms with van der Waals surface area (Å²) < 4.78 is 0. The van der Waals surface area contributed by atoms with Gasteiger partial charge in [-0.2, -0.15) is 0 Å². The molecule has 0 saturated heterocycles. The van der Waals surface area contributed by atoms with Gasteiger partial charge >= 0.3 is 0 Å². The second-order valence-corrected chi connectivity index (χ2v) is 3.51. The Kier molecular flexibility index (Phi) is 6.24. The molecule has 76 valence electrons. The van der Waals surface area contributed by atoms with E-state index in [9.17, 15) is 4.79 Å². The Morgan fingerprint density at radius 2 is 2.15 bits per heavy atom. The molecule has 0 aromatic carbocycles. The van der Waals surface area contributed by atoms with E-state index >= 15 is 0 Å². The summed E-state index contributed by atoms with van der Waals surface area (Å²) in [6, 6.07) is 0.574. The van der Waals surface area contributed by atoms with E-state index < -0.39 is 0 Å². The molecule has 0 rings (SSSR count). The molecule has 0 aliphatic heterocycles. The lowest BCUT2D eigenvalue weighted by molar-refractivity contribution is -0.118. The first kappa shape index (κ1) is 12.2. The van der Waals surface area contributed by atoms with Crippen LogP contribution in [0.4, 0.5) is 0 Å². The zero-order valence-electron chi connectivity index (χ0n) is 8.55. The Hall–Kier alpha value is -0.830. The molecule has 3 N–H and O–H groups in total. The Balaban J connectivity index is 3.57. The zero-order chi connectivity index (χ0) is 10.3. The number of carbonyl (C=O) groups excluding carboxylic acids is 1. The van der Waals surface area contributed by atoms with Crippen molar-refractivity contribution < 1.29 is 4.79 Å². The van der Waals surface area contributed by atoms with Crippen LogP contribution in [0.5, 0.6) is 0 Å². The fourth-order valence-corrected chi connectivity index (χ4v) is 1.30. The minimum atomic E-state index is -0.254. The summed E-state index contributed by atoms with van der Waals surface area (Å²) >= 11 is 0.